The first kappa shape index (κ1) is 19.4. The average Bonchev–Trinajstić information content (AvgIpc) is 2.58. The Morgan fingerprint density at radius 3 is 2.92 bits per heavy atom. The lowest BCUT2D eigenvalue weighted by Gasteiger charge is -2.34. The van der Waals surface area contributed by atoms with E-state index in [9.17, 15) is 13.6 Å². The van der Waals surface area contributed by atoms with E-state index in [4.69, 9.17) is 14.7 Å². The van der Waals surface area contributed by atoms with Crippen LogP contribution in [-0.4, -0.2) is 43.0 Å². The van der Waals surface area contributed by atoms with Gasteiger partial charge in [0.05, 0.1) is 18.7 Å². The van der Waals surface area contributed by atoms with Crippen molar-refractivity contribution in [3.05, 3.63) is 28.0 Å². The summed E-state index contributed by atoms with van der Waals surface area (Å²) in [5, 5.41) is 9.10. The molecule has 1 aliphatic heterocycles. The first-order chi connectivity index (χ1) is 12.0. The van der Waals surface area contributed by atoms with Crippen LogP contribution in [0.2, 0.25) is 0 Å². The fraction of sp³-hybridized carbons (Fsp3) is 0.529. The number of carbonyl (C=O) groups excluding carboxylic acids is 1. The third-order valence-corrected chi connectivity index (χ3v) is 4.32. The lowest BCUT2D eigenvalue weighted by Crippen LogP contribution is -2.49. The summed E-state index contributed by atoms with van der Waals surface area (Å²) in [5.74, 6) is -1.00. The number of nitrogens with zero attached hydrogens (tertiary/aromatic N) is 2. The predicted molar refractivity (Wildman–Crippen MR) is 90.6 cm³/mol. The number of hydrogen-bond acceptors (Lipinski definition) is 4. The van der Waals surface area contributed by atoms with E-state index in [1.54, 1.807) is 0 Å². The summed E-state index contributed by atoms with van der Waals surface area (Å²) in [6.45, 7) is 2.34. The fourth-order valence-electron chi connectivity index (χ4n) is 2.49. The molecule has 25 heavy (non-hydrogen) atoms. The molecule has 2 atom stereocenters. The van der Waals surface area contributed by atoms with E-state index in [-0.39, 0.29) is 30.8 Å². The van der Waals surface area contributed by atoms with Crippen molar-refractivity contribution in [3.63, 3.8) is 0 Å². The molecule has 1 heterocycles. The summed E-state index contributed by atoms with van der Waals surface area (Å²) in [5.41, 5.74) is -0.0134. The number of rotatable bonds is 5. The molecular weight excluding hydrogens is 398 g/mol. The molecular formula is C17H19BrF2N2O3. The normalized spacial score (nSPS) is 20.0. The van der Waals surface area contributed by atoms with Gasteiger partial charge in [-0.05, 0) is 18.6 Å². The molecule has 0 aliphatic carbocycles. The standard InChI is InChI=1S/C17H19BrF2N2O3/c1-2-3-6-24-17(23)22-5-4-15(14(20)10-22)25-16-11(9-21)7-12(18)8-13(16)19/h7-8,14-15H,2-6,10H2,1H3. The lowest BCUT2D eigenvalue weighted by molar-refractivity contribution is 0.0145. The van der Waals surface area contributed by atoms with Crippen molar-refractivity contribution in [2.75, 3.05) is 19.7 Å². The third-order valence-electron chi connectivity index (χ3n) is 3.86. The number of carbonyl (C=O) groups is 1. The van der Waals surface area contributed by atoms with E-state index < -0.39 is 24.2 Å². The minimum absolute atomic E-state index is 0.0134. The molecule has 0 saturated carbocycles. The maximum atomic E-state index is 14.4. The van der Waals surface area contributed by atoms with Gasteiger partial charge in [0.15, 0.2) is 17.7 Å². The first-order valence-electron chi connectivity index (χ1n) is 8.07. The molecule has 136 valence electrons. The molecule has 1 aliphatic rings. The summed E-state index contributed by atoms with van der Waals surface area (Å²) in [6, 6.07) is 4.40. The summed E-state index contributed by atoms with van der Waals surface area (Å²) >= 11 is 3.10. The largest absolute Gasteiger partial charge is 0.483 e. The number of unbranched alkanes of at least 4 members (excludes halogenated alkanes) is 1. The summed E-state index contributed by atoms with van der Waals surface area (Å²) in [4.78, 5) is 13.1. The highest BCUT2D eigenvalue weighted by molar-refractivity contribution is 9.10. The van der Waals surface area contributed by atoms with Crippen LogP contribution in [0, 0.1) is 17.1 Å². The Labute approximate surface area is 153 Å². The number of alkyl halides is 1. The zero-order valence-electron chi connectivity index (χ0n) is 13.8. The topological polar surface area (TPSA) is 62.6 Å². The molecule has 0 radical (unpaired) electrons. The van der Waals surface area contributed by atoms with Crippen LogP contribution in [0.4, 0.5) is 13.6 Å². The van der Waals surface area contributed by atoms with E-state index in [0.29, 0.717) is 11.1 Å². The molecule has 2 unspecified atom stereocenters. The van der Waals surface area contributed by atoms with Crippen molar-refractivity contribution >= 4 is 22.0 Å². The van der Waals surface area contributed by atoms with Crippen LogP contribution < -0.4 is 4.74 Å². The second-order valence-electron chi connectivity index (χ2n) is 5.75. The molecule has 1 fully saturated rings. The van der Waals surface area contributed by atoms with Crippen LogP contribution in [0.3, 0.4) is 0 Å². The van der Waals surface area contributed by atoms with Gasteiger partial charge in [-0.1, -0.05) is 29.3 Å². The van der Waals surface area contributed by atoms with Gasteiger partial charge in [-0.25, -0.2) is 13.6 Å². The van der Waals surface area contributed by atoms with Crippen molar-refractivity contribution in [1.82, 2.24) is 4.90 Å². The molecule has 1 aromatic carbocycles. The Kier molecular flexibility index (Phi) is 7.00. The van der Waals surface area contributed by atoms with Crippen LogP contribution in [0.25, 0.3) is 0 Å². The van der Waals surface area contributed by atoms with Crippen molar-refractivity contribution in [2.45, 2.75) is 38.5 Å². The Balaban J connectivity index is 1.99. The molecule has 8 heteroatoms. The van der Waals surface area contributed by atoms with Gasteiger partial charge in [-0.3, -0.25) is 0 Å². The predicted octanol–water partition coefficient (Wildman–Crippen LogP) is 4.19. The zero-order valence-corrected chi connectivity index (χ0v) is 15.4. The first-order valence-corrected chi connectivity index (χ1v) is 8.87. The van der Waals surface area contributed by atoms with Gasteiger partial charge in [-0.15, -0.1) is 0 Å². The Hall–Kier alpha value is -1.88. The zero-order chi connectivity index (χ0) is 18.4. The average molecular weight is 417 g/mol. The van der Waals surface area contributed by atoms with Crippen LogP contribution >= 0.6 is 15.9 Å². The summed E-state index contributed by atoms with van der Waals surface area (Å²) in [7, 11) is 0. The smallest absolute Gasteiger partial charge is 0.409 e. The second kappa shape index (κ2) is 8.99. The van der Waals surface area contributed by atoms with Crippen molar-refractivity contribution in [1.29, 1.82) is 5.26 Å². The van der Waals surface area contributed by atoms with E-state index in [1.165, 1.54) is 11.0 Å². The number of hydrogen-bond donors (Lipinski definition) is 0. The lowest BCUT2D eigenvalue weighted by atomic mass is 10.1. The Bertz CT molecular complexity index is 666. The van der Waals surface area contributed by atoms with E-state index in [0.717, 1.165) is 18.9 Å². The van der Waals surface area contributed by atoms with Gasteiger partial charge in [0.1, 0.15) is 12.2 Å². The highest BCUT2D eigenvalue weighted by atomic mass is 79.9. The molecule has 0 aromatic heterocycles. The van der Waals surface area contributed by atoms with Crippen LogP contribution in [0.5, 0.6) is 5.75 Å². The molecule has 1 amide bonds. The number of ether oxygens (including phenoxy) is 2. The Morgan fingerprint density at radius 1 is 1.52 bits per heavy atom. The number of piperidine rings is 1. The van der Waals surface area contributed by atoms with E-state index in [2.05, 4.69) is 15.9 Å². The van der Waals surface area contributed by atoms with E-state index >= 15 is 0 Å². The third kappa shape index (κ3) is 5.05. The molecule has 1 aromatic rings. The summed E-state index contributed by atoms with van der Waals surface area (Å²) < 4.78 is 39.3. The molecule has 0 spiro atoms. The quantitative estimate of drug-likeness (QED) is 0.675. The fourth-order valence-corrected chi connectivity index (χ4v) is 2.92. The minimum Gasteiger partial charge on any atom is -0.483 e. The van der Waals surface area contributed by atoms with Crippen LogP contribution in [0.1, 0.15) is 31.7 Å². The number of amides is 1. The maximum Gasteiger partial charge on any atom is 0.409 e. The minimum atomic E-state index is -1.50. The van der Waals surface area contributed by atoms with Gasteiger partial charge < -0.3 is 14.4 Å². The monoisotopic (exact) mass is 416 g/mol. The van der Waals surface area contributed by atoms with Gasteiger partial charge in [-0.2, -0.15) is 5.26 Å². The maximum absolute atomic E-state index is 14.4. The number of benzene rings is 1. The van der Waals surface area contributed by atoms with Gasteiger partial charge in [0.2, 0.25) is 0 Å². The number of halogens is 3. The van der Waals surface area contributed by atoms with Crippen molar-refractivity contribution < 1.29 is 23.0 Å². The van der Waals surface area contributed by atoms with Crippen LogP contribution in [-0.2, 0) is 4.74 Å². The van der Waals surface area contributed by atoms with Gasteiger partial charge >= 0.3 is 6.09 Å². The Morgan fingerprint density at radius 2 is 2.28 bits per heavy atom. The molecule has 5 nitrogen and oxygen atoms in total. The molecule has 2 rings (SSSR count). The van der Waals surface area contributed by atoms with Crippen molar-refractivity contribution in [3.8, 4) is 11.8 Å². The van der Waals surface area contributed by atoms with Crippen LogP contribution in [0.15, 0.2) is 16.6 Å². The van der Waals surface area contributed by atoms with Gasteiger partial charge in [0.25, 0.3) is 0 Å². The molecule has 1 saturated heterocycles. The summed E-state index contributed by atoms with van der Waals surface area (Å²) in [6.07, 6.45) is -1.14. The number of nitriles is 1. The van der Waals surface area contributed by atoms with Gasteiger partial charge in [0, 0.05) is 17.4 Å². The van der Waals surface area contributed by atoms with Crippen molar-refractivity contribution in [2.24, 2.45) is 0 Å². The number of likely N-dealkylation sites (tertiary alicyclic amines) is 1. The molecule has 0 bridgehead atoms. The molecule has 0 N–H and O–H groups in total. The van der Waals surface area contributed by atoms with E-state index in [1.807, 2.05) is 13.0 Å². The second-order valence-corrected chi connectivity index (χ2v) is 6.67. The SMILES string of the molecule is CCCCOC(=O)N1CCC(Oc2c(F)cc(Br)cc2C#N)C(F)C1. The highest BCUT2D eigenvalue weighted by Gasteiger charge is 2.34. The highest BCUT2D eigenvalue weighted by Crippen LogP contribution is 2.30.